The lowest BCUT2D eigenvalue weighted by Crippen LogP contribution is -2.51. The highest BCUT2D eigenvalue weighted by Crippen LogP contribution is 2.20. The van der Waals surface area contributed by atoms with Gasteiger partial charge in [-0.3, -0.25) is 9.59 Å². The number of Topliss-reactive ketones (excluding diaryl/α,β-unsaturated/α-hetero) is 2. The molecule has 0 bridgehead atoms. The van der Waals surface area contributed by atoms with E-state index < -0.39 is 41.6 Å². The first kappa shape index (κ1) is 27.7. The van der Waals surface area contributed by atoms with Gasteiger partial charge in [0.25, 0.3) is 0 Å². The summed E-state index contributed by atoms with van der Waals surface area (Å²) in [7, 11) is 0. The molecule has 0 radical (unpaired) electrons. The van der Waals surface area contributed by atoms with Crippen LogP contribution >= 0.6 is 0 Å². The number of hydrogen-bond donors (Lipinski definition) is 2. The fourth-order valence-electron chi connectivity index (χ4n) is 3.63. The minimum Gasteiger partial charge on any atom is -0.464 e. The molecule has 2 unspecified atom stereocenters. The summed E-state index contributed by atoms with van der Waals surface area (Å²) < 4.78 is 10.2. The van der Waals surface area contributed by atoms with Gasteiger partial charge in [-0.05, 0) is 36.8 Å². The Morgan fingerprint density at radius 3 is 1.97 bits per heavy atom. The van der Waals surface area contributed by atoms with E-state index in [1.54, 1.807) is 6.92 Å². The number of hydrogen-bond acceptors (Lipinski definition) is 7. The molecule has 0 aliphatic heterocycles. The van der Waals surface area contributed by atoms with E-state index in [1.807, 2.05) is 74.5 Å². The number of ketones is 2. The van der Waals surface area contributed by atoms with Gasteiger partial charge in [0.1, 0.15) is 6.61 Å². The second-order valence-corrected chi connectivity index (χ2v) is 8.66. The average molecular weight is 483 g/mol. The Morgan fingerprint density at radius 1 is 0.857 bits per heavy atom. The van der Waals surface area contributed by atoms with Crippen molar-refractivity contribution in [2.75, 3.05) is 6.61 Å². The number of carbonyl (C=O) groups is 4. The molecule has 0 aliphatic carbocycles. The van der Waals surface area contributed by atoms with Crippen LogP contribution in [0.2, 0.25) is 0 Å². The Bertz CT molecular complexity index is 978. The van der Waals surface area contributed by atoms with Crippen molar-refractivity contribution in [2.45, 2.75) is 52.3 Å². The predicted octanol–water partition coefficient (Wildman–Crippen LogP) is 3.22. The molecule has 0 fully saturated rings. The third-order valence-corrected chi connectivity index (χ3v) is 5.37. The maximum atomic E-state index is 13.6. The minimum absolute atomic E-state index is 0.0288. The number of amides is 1. The third-order valence-electron chi connectivity index (χ3n) is 5.37. The molecule has 2 rings (SSSR count). The number of carbonyl (C=O) groups excluding carboxylic acids is 4. The van der Waals surface area contributed by atoms with Gasteiger partial charge in [-0.2, -0.15) is 0 Å². The van der Waals surface area contributed by atoms with E-state index in [0.29, 0.717) is 0 Å². The Labute approximate surface area is 206 Å². The van der Waals surface area contributed by atoms with E-state index in [4.69, 9.17) is 15.2 Å². The van der Waals surface area contributed by atoms with Crippen molar-refractivity contribution in [2.24, 2.45) is 17.6 Å². The molecule has 0 aliphatic rings. The smallest absolute Gasteiger partial charge is 0.408 e. The first-order chi connectivity index (χ1) is 16.7. The highest BCUT2D eigenvalue weighted by atomic mass is 16.5. The lowest BCUT2D eigenvalue weighted by atomic mass is 9.82. The zero-order valence-corrected chi connectivity index (χ0v) is 20.4. The molecule has 2 aromatic carbocycles. The summed E-state index contributed by atoms with van der Waals surface area (Å²) in [4.78, 5) is 51.4. The van der Waals surface area contributed by atoms with E-state index in [9.17, 15) is 19.2 Å². The Hall–Kier alpha value is -3.52. The molecule has 0 aromatic heterocycles. The predicted molar refractivity (Wildman–Crippen MR) is 131 cm³/mol. The summed E-state index contributed by atoms with van der Waals surface area (Å²) in [5.41, 5.74) is 7.42. The molecule has 0 saturated carbocycles. The number of nitrogens with two attached hydrogens (primary N) is 1. The van der Waals surface area contributed by atoms with Crippen LogP contribution in [0.4, 0.5) is 4.79 Å². The second kappa shape index (κ2) is 14.0. The van der Waals surface area contributed by atoms with E-state index in [0.717, 1.165) is 11.1 Å². The van der Waals surface area contributed by atoms with E-state index in [1.165, 1.54) is 0 Å². The first-order valence-corrected chi connectivity index (χ1v) is 11.7. The molecule has 0 heterocycles. The molecule has 0 spiro atoms. The van der Waals surface area contributed by atoms with E-state index in [2.05, 4.69) is 5.32 Å². The van der Waals surface area contributed by atoms with Gasteiger partial charge in [0.05, 0.1) is 18.6 Å². The van der Waals surface area contributed by atoms with Crippen LogP contribution in [-0.4, -0.2) is 42.3 Å². The van der Waals surface area contributed by atoms with Crippen LogP contribution in [0.5, 0.6) is 0 Å². The highest BCUT2D eigenvalue weighted by molar-refractivity contribution is 6.14. The van der Waals surface area contributed by atoms with Gasteiger partial charge in [-0.25, -0.2) is 9.59 Å². The van der Waals surface area contributed by atoms with Gasteiger partial charge in [0.2, 0.25) is 0 Å². The summed E-state index contributed by atoms with van der Waals surface area (Å²) in [6.45, 7) is 5.41. The third kappa shape index (κ3) is 8.98. The van der Waals surface area contributed by atoms with Gasteiger partial charge < -0.3 is 20.5 Å². The monoisotopic (exact) mass is 482 g/mol. The quantitative estimate of drug-likeness (QED) is 0.332. The lowest BCUT2D eigenvalue weighted by Gasteiger charge is -2.25. The fraction of sp³-hybridized carbons (Fsp3) is 0.407. The van der Waals surface area contributed by atoms with Crippen LogP contribution in [0.3, 0.4) is 0 Å². The van der Waals surface area contributed by atoms with Gasteiger partial charge >= 0.3 is 12.1 Å². The van der Waals surface area contributed by atoms with Crippen LogP contribution in [-0.2, 0) is 36.9 Å². The lowest BCUT2D eigenvalue weighted by molar-refractivity contribution is -0.149. The molecule has 8 nitrogen and oxygen atoms in total. The van der Waals surface area contributed by atoms with Gasteiger partial charge in [-0.15, -0.1) is 0 Å². The van der Waals surface area contributed by atoms with Crippen LogP contribution in [0.1, 0.15) is 38.3 Å². The minimum atomic E-state index is -1.58. The maximum absolute atomic E-state index is 13.6. The fourth-order valence-corrected chi connectivity index (χ4v) is 3.63. The largest absolute Gasteiger partial charge is 0.464 e. The van der Waals surface area contributed by atoms with Crippen LogP contribution in [0.15, 0.2) is 60.7 Å². The van der Waals surface area contributed by atoms with Crippen molar-refractivity contribution in [3.05, 3.63) is 71.8 Å². The SMILES string of the molecule is CCOC(=O)C(N)C(=O)C(CC(C)C)C(=O)[C@H](Cc1ccccc1)NC(=O)OCc1ccccc1. The van der Waals surface area contributed by atoms with Crippen molar-refractivity contribution in [1.82, 2.24) is 5.32 Å². The Kier molecular flexibility index (Phi) is 11.1. The molecule has 0 saturated heterocycles. The van der Waals surface area contributed by atoms with Crippen LogP contribution < -0.4 is 11.1 Å². The van der Waals surface area contributed by atoms with Crippen molar-refractivity contribution in [3.63, 3.8) is 0 Å². The molecular weight excluding hydrogens is 448 g/mol. The standard InChI is InChI=1S/C27H34N2O6/c1-4-34-26(32)23(28)25(31)21(15-18(2)3)24(30)22(16-19-11-7-5-8-12-19)29-27(33)35-17-20-13-9-6-10-14-20/h5-14,18,21-23H,4,15-17,28H2,1-3H3,(H,29,33)/t21?,22-,23?/m0/s1. The molecule has 8 heteroatoms. The summed E-state index contributed by atoms with van der Waals surface area (Å²) in [5, 5.41) is 2.62. The number of ether oxygens (including phenoxy) is 2. The number of benzene rings is 2. The molecule has 35 heavy (non-hydrogen) atoms. The summed E-state index contributed by atoms with van der Waals surface area (Å²) in [6.07, 6.45) is -0.457. The molecule has 3 N–H and O–H groups in total. The molecule has 188 valence electrons. The van der Waals surface area contributed by atoms with Gasteiger partial charge in [0.15, 0.2) is 17.6 Å². The van der Waals surface area contributed by atoms with Crippen LogP contribution in [0, 0.1) is 11.8 Å². The highest BCUT2D eigenvalue weighted by Gasteiger charge is 2.39. The van der Waals surface area contributed by atoms with Crippen molar-refractivity contribution >= 4 is 23.6 Å². The summed E-state index contributed by atoms with van der Waals surface area (Å²) in [6, 6.07) is 15.6. The van der Waals surface area contributed by atoms with Crippen molar-refractivity contribution in [3.8, 4) is 0 Å². The number of alkyl carbamates (subject to hydrolysis) is 1. The molecular formula is C27H34N2O6. The number of rotatable bonds is 13. The zero-order valence-electron chi connectivity index (χ0n) is 20.4. The van der Waals surface area contributed by atoms with Gasteiger partial charge in [0, 0.05) is 0 Å². The van der Waals surface area contributed by atoms with Crippen LogP contribution in [0.25, 0.3) is 0 Å². The molecule has 2 aromatic rings. The zero-order chi connectivity index (χ0) is 25.8. The van der Waals surface area contributed by atoms with E-state index >= 15 is 0 Å². The normalized spacial score (nSPS) is 13.4. The first-order valence-electron chi connectivity index (χ1n) is 11.7. The summed E-state index contributed by atoms with van der Waals surface area (Å²) >= 11 is 0. The van der Waals surface area contributed by atoms with Crippen molar-refractivity contribution in [1.29, 1.82) is 0 Å². The maximum Gasteiger partial charge on any atom is 0.408 e. The topological polar surface area (TPSA) is 125 Å². The summed E-state index contributed by atoms with van der Waals surface area (Å²) in [5.74, 6) is -3.35. The molecule has 1 amide bonds. The van der Waals surface area contributed by atoms with Crippen molar-refractivity contribution < 1.29 is 28.7 Å². The average Bonchev–Trinajstić information content (AvgIpc) is 2.85. The van der Waals surface area contributed by atoms with Gasteiger partial charge in [-0.1, -0.05) is 74.5 Å². The Balaban J connectivity index is 2.24. The second-order valence-electron chi connectivity index (χ2n) is 8.66. The Morgan fingerprint density at radius 2 is 1.43 bits per heavy atom. The molecule has 3 atom stereocenters. The number of nitrogens with one attached hydrogen (secondary N) is 1. The van der Waals surface area contributed by atoms with E-state index in [-0.39, 0.29) is 32.0 Å². The number of esters is 1.